The van der Waals surface area contributed by atoms with E-state index in [0.717, 1.165) is 0 Å². The predicted octanol–water partition coefficient (Wildman–Crippen LogP) is 2.74. The summed E-state index contributed by atoms with van der Waals surface area (Å²) in [4.78, 5) is 2.21. The lowest BCUT2D eigenvalue weighted by atomic mass is 9.94. The van der Waals surface area contributed by atoms with Gasteiger partial charge in [0.1, 0.15) is 0 Å². The van der Waals surface area contributed by atoms with Crippen molar-refractivity contribution in [3.8, 4) is 12.3 Å². The first-order valence-electron chi connectivity index (χ1n) is 5.35. The molecule has 0 aliphatic carbocycles. The van der Waals surface area contributed by atoms with Crippen LogP contribution in [-0.4, -0.2) is 24.5 Å². The Morgan fingerprint density at radius 2 is 1.87 bits per heavy atom. The maximum Gasteiger partial charge on any atom is 0.0598 e. The Balaban J connectivity index is 2.69. The van der Waals surface area contributed by atoms with Crippen LogP contribution in [0.2, 0.25) is 0 Å². The van der Waals surface area contributed by atoms with Crippen LogP contribution in [0.4, 0.5) is 0 Å². The van der Waals surface area contributed by atoms with Crippen molar-refractivity contribution in [3.63, 3.8) is 0 Å². The van der Waals surface area contributed by atoms with Crippen LogP contribution in [0.25, 0.3) is 0 Å². The quantitative estimate of drug-likeness (QED) is 0.677. The molecule has 1 nitrogen and oxygen atoms in total. The van der Waals surface area contributed by atoms with Crippen LogP contribution in [0.3, 0.4) is 0 Å². The van der Waals surface area contributed by atoms with E-state index < -0.39 is 0 Å². The molecule has 1 aromatic carbocycles. The molecule has 0 fully saturated rings. The van der Waals surface area contributed by atoms with Gasteiger partial charge in [-0.05, 0) is 25.5 Å². The molecule has 2 atom stereocenters. The summed E-state index contributed by atoms with van der Waals surface area (Å²) in [5.74, 6) is 3.18. The van der Waals surface area contributed by atoms with Gasteiger partial charge in [-0.25, -0.2) is 0 Å². The molecule has 0 saturated heterocycles. The van der Waals surface area contributed by atoms with Gasteiger partial charge in [-0.15, -0.1) is 6.42 Å². The molecule has 1 heteroatoms. The smallest absolute Gasteiger partial charge is 0.0598 e. The average molecular weight is 201 g/mol. The third-order valence-electron chi connectivity index (χ3n) is 3.08. The first kappa shape index (κ1) is 11.8. The fourth-order valence-electron chi connectivity index (χ4n) is 1.70. The van der Waals surface area contributed by atoms with Crippen molar-refractivity contribution in [3.05, 3.63) is 35.9 Å². The first-order chi connectivity index (χ1) is 7.16. The maximum absolute atomic E-state index is 5.31. The molecular weight excluding hydrogens is 182 g/mol. The summed E-state index contributed by atoms with van der Waals surface area (Å²) in [5, 5.41) is 0. The van der Waals surface area contributed by atoms with E-state index in [1.807, 2.05) is 6.07 Å². The first-order valence-corrected chi connectivity index (χ1v) is 5.35. The van der Waals surface area contributed by atoms with E-state index in [2.05, 4.69) is 56.0 Å². The summed E-state index contributed by atoms with van der Waals surface area (Å²) in [5.41, 5.74) is 1.37. The van der Waals surface area contributed by atoms with E-state index in [4.69, 9.17) is 6.42 Å². The molecule has 0 unspecified atom stereocenters. The molecule has 1 rings (SSSR count). The van der Waals surface area contributed by atoms with E-state index in [1.54, 1.807) is 0 Å². The van der Waals surface area contributed by atoms with E-state index in [1.165, 1.54) is 5.56 Å². The molecule has 0 aliphatic rings. The monoisotopic (exact) mass is 201 g/mol. The number of likely N-dealkylation sites (N-methyl/N-ethyl adjacent to an activating group) is 1. The molecule has 0 aromatic heterocycles. The molecule has 0 spiro atoms. The molecule has 0 radical (unpaired) electrons. The summed E-state index contributed by atoms with van der Waals surface area (Å²) in [7, 11) is 2.07. The number of nitrogens with zero attached hydrogens (tertiary/aromatic N) is 1. The minimum atomic E-state index is 0.462. The Morgan fingerprint density at radius 1 is 1.27 bits per heavy atom. The number of rotatable bonds is 4. The van der Waals surface area contributed by atoms with Crippen molar-refractivity contribution in [2.24, 2.45) is 0 Å². The molecular formula is C14H19N. The lowest BCUT2D eigenvalue weighted by Gasteiger charge is -2.28. The summed E-state index contributed by atoms with van der Waals surface area (Å²) < 4.78 is 0. The highest BCUT2D eigenvalue weighted by Crippen LogP contribution is 2.21. The highest BCUT2D eigenvalue weighted by Gasteiger charge is 2.17. The Kier molecular flexibility index (Phi) is 4.39. The van der Waals surface area contributed by atoms with Gasteiger partial charge < -0.3 is 0 Å². The number of hydrogen-bond donors (Lipinski definition) is 0. The lowest BCUT2D eigenvalue weighted by molar-refractivity contribution is 0.258. The van der Waals surface area contributed by atoms with Crippen LogP contribution in [0, 0.1) is 12.3 Å². The number of terminal acetylenes is 1. The zero-order chi connectivity index (χ0) is 11.3. The maximum atomic E-state index is 5.31. The summed E-state index contributed by atoms with van der Waals surface area (Å²) >= 11 is 0. The fourth-order valence-corrected chi connectivity index (χ4v) is 1.70. The lowest BCUT2D eigenvalue weighted by Crippen LogP contribution is -2.33. The molecule has 0 heterocycles. The summed E-state index contributed by atoms with van der Waals surface area (Å²) in [6.45, 7) is 5.17. The van der Waals surface area contributed by atoms with Gasteiger partial charge >= 0.3 is 0 Å². The SMILES string of the molecule is C#CCN(C)[C@H](C)[C@H](C)c1ccccc1. The Bertz CT molecular complexity index is 323. The normalized spacial score (nSPS) is 14.6. The standard InChI is InChI=1S/C14H19N/c1-5-11-15(4)13(3)12(2)14-9-7-6-8-10-14/h1,6-10,12-13H,11H2,2-4H3/t12-,13+/m0/s1. The van der Waals surface area contributed by atoms with Crippen molar-refractivity contribution >= 4 is 0 Å². The summed E-state index contributed by atoms with van der Waals surface area (Å²) in [6.07, 6.45) is 5.31. The molecule has 1 aromatic rings. The zero-order valence-corrected chi connectivity index (χ0v) is 9.77. The number of benzene rings is 1. The molecule has 0 bridgehead atoms. The summed E-state index contributed by atoms with van der Waals surface area (Å²) in [6, 6.07) is 11.0. The van der Waals surface area contributed by atoms with Gasteiger partial charge in [0.15, 0.2) is 0 Å². The van der Waals surface area contributed by atoms with Crippen LogP contribution < -0.4 is 0 Å². The van der Waals surface area contributed by atoms with E-state index in [-0.39, 0.29) is 0 Å². The van der Waals surface area contributed by atoms with Crippen LogP contribution in [0.1, 0.15) is 25.3 Å². The minimum absolute atomic E-state index is 0.462. The zero-order valence-electron chi connectivity index (χ0n) is 9.77. The van der Waals surface area contributed by atoms with E-state index in [9.17, 15) is 0 Å². The molecule has 80 valence electrons. The van der Waals surface area contributed by atoms with Crippen LogP contribution >= 0.6 is 0 Å². The molecule has 0 aliphatic heterocycles. The second-order valence-corrected chi connectivity index (χ2v) is 4.06. The molecule has 0 saturated carbocycles. The third kappa shape index (κ3) is 3.11. The van der Waals surface area contributed by atoms with Crippen molar-refractivity contribution in [1.82, 2.24) is 4.90 Å². The second kappa shape index (κ2) is 5.58. The van der Waals surface area contributed by atoms with Gasteiger partial charge in [-0.1, -0.05) is 43.2 Å². The average Bonchev–Trinajstić information content (AvgIpc) is 2.28. The highest BCUT2D eigenvalue weighted by atomic mass is 15.1. The Hall–Kier alpha value is -1.26. The fraction of sp³-hybridized carbons (Fsp3) is 0.429. The largest absolute Gasteiger partial charge is 0.292 e. The van der Waals surface area contributed by atoms with Crippen LogP contribution in [0.5, 0.6) is 0 Å². The van der Waals surface area contributed by atoms with Crippen molar-refractivity contribution in [1.29, 1.82) is 0 Å². The highest BCUT2D eigenvalue weighted by molar-refractivity contribution is 5.20. The molecule has 15 heavy (non-hydrogen) atoms. The van der Waals surface area contributed by atoms with E-state index >= 15 is 0 Å². The van der Waals surface area contributed by atoms with Crippen LogP contribution in [-0.2, 0) is 0 Å². The van der Waals surface area contributed by atoms with Gasteiger partial charge in [0.05, 0.1) is 6.54 Å². The minimum Gasteiger partial charge on any atom is -0.292 e. The number of hydrogen-bond acceptors (Lipinski definition) is 1. The van der Waals surface area contributed by atoms with Gasteiger partial charge in [0, 0.05) is 6.04 Å². The van der Waals surface area contributed by atoms with Gasteiger partial charge in [-0.2, -0.15) is 0 Å². The third-order valence-corrected chi connectivity index (χ3v) is 3.08. The van der Waals surface area contributed by atoms with Crippen molar-refractivity contribution in [2.45, 2.75) is 25.8 Å². The van der Waals surface area contributed by atoms with E-state index in [0.29, 0.717) is 18.5 Å². The van der Waals surface area contributed by atoms with Crippen LogP contribution in [0.15, 0.2) is 30.3 Å². The molecule has 0 N–H and O–H groups in total. The predicted molar refractivity (Wildman–Crippen MR) is 65.8 cm³/mol. The van der Waals surface area contributed by atoms with Gasteiger partial charge in [0.2, 0.25) is 0 Å². The van der Waals surface area contributed by atoms with Crippen molar-refractivity contribution < 1.29 is 0 Å². The topological polar surface area (TPSA) is 3.24 Å². The van der Waals surface area contributed by atoms with Crippen molar-refractivity contribution in [2.75, 3.05) is 13.6 Å². The second-order valence-electron chi connectivity index (χ2n) is 4.06. The van der Waals surface area contributed by atoms with Gasteiger partial charge in [0.25, 0.3) is 0 Å². The van der Waals surface area contributed by atoms with Gasteiger partial charge in [-0.3, -0.25) is 4.90 Å². The Morgan fingerprint density at radius 3 is 2.40 bits per heavy atom. The molecule has 0 amide bonds. The Labute approximate surface area is 93.1 Å².